The summed E-state index contributed by atoms with van der Waals surface area (Å²) in [5.41, 5.74) is 7.50. The van der Waals surface area contributed by atoms with Crippen molar-refractivity contribution in [2.75, 3.05) is 19.1 Å². The molecule has 0 atom stereocenters. The van der Waals surface area contributed by atoms with Gasteiger partial charge in [-0.2, -0.15) is 0 Å². The second kappa shape index (κ2) is 4.62. The van der Waals surface area contributed by atoms with Gasteiger partial charge in [-0.3, -0.25) is 9.98 Å². The summed E-state index contributed by atoms with van der Waals surface area (Å²) in [6, 6.07) is 3.41. The normalized spacial score (nSPS) is 11.9. The van der Waals surface area contributed by atoms with Crippen LogP contribution in [0.25, 0.3) is 0 Å². The van der Waals surface area contributed by atoms with Gasteiger partial charge in [0, 0.05) is 11.9 Å². The van der Waals surface area contributed by atoms with Crippen molar-refractivity contribution >= 4 is 42.4 Å². The highest BCUT2D eigenvalue weighted by Crippen LogP contribution is 2.44. The molecule has 1 rings (SSSR count). The van der Waals surface area contributed by atoms with E-state index in [1.807, 2.05) is 0 Å². The molecule has 86 valence electrons. The van der Waals surface area contributed by atoms with Crippen molar-refractivity contribution in [2.45, 2.75) is 6.92 Å². The first-order valence-corrected chi connectivity index (χ1v) is 7.45. The molecule has 0 saturated heterocycles. The van der Waals surface area contributed by atoms with Crippen LogP contribution >= 0.6 is 7.14 Å². The van der Waals surface area contributed by atoms with Gasteiger partial charge in [0.1, 0.15) is 12.8 Å². The van der Waals surface area contributed by atoms with Gasteiger partial charge in [0.05, 0.1) is 11.0 Å². The first-order valence-electron chi connectivity index (χ1n) is 4.85. The van der Waals surface area contributed by atoms with Crippen LogP contribution in [0.4, 0.5) is 17.1 Å². The zero-order chi connectivity index (χ0) is 12.3. The van der Waals surface area contributed by atoms with Crippen molar-refractivity contribution in [1.29, 1.82) is 0 Å². The summed E-state index contributed by atoms with van der Waals surface area (Å²) in [6.07, 6.45) is 1.63. The highest BCUT2D eigenvalue weighted by atomic mass is 31.2. The molecule has 1 aromatic rings. The van der Waals surface area contributed by atoms with Crippen molar-refractivity contribution in [2.24, 2.45) is 9.98 Å². The minimum atomic E-state index is -2.49. The van der Waals surface area contributed by atoms with E-state index in [0.29, 0.717) is 22.4 Å². The lowest BCUT2D eigenvalue weighted by Crippen LogP contribution is -2.10. The number of rotatable bonds is 3. The molecule has 0 aromatic heterocycles. The third-order valence-corrected chi connectivity index (χ3v) is 3.68. The predicted octanol–water partition coefficient (Wildman–Crippen LogP) is 2.57. The van der Waals surface area contributed by atoms with Gasteiger partial charge in [0.15, 0.2) is 0 Å². The molecule has 0 aliphatic carbocycles. The number of benzene rings is 1. The summed E-state index contributed by atoms with van der Waals surface area (Å²) in [5, 5.41) is 0.579. The van der Waals surface area contributed by atoms with Gasteiger partial charge in [-0.25, -0.2) is 0 Å². The SMILES string of the molecule is C=Nc1ccc(N)c(P(C)(C)=O)c1N=CC. The summed E-state index contributed by atoms with van der Waals surface area (Å²) in [4.78, 5) is 8.06. The number of nitrogens with two attached hydrogens (primary N) is 1. The van der Waals surface area contributed by atoms with E-state index < -0.39 is 7.14 Å². The molecule has 0 unspecified atom stereocenters. The molecular weight excluding hydrogens is 221 g/mol. The molecule has 0 bridgehead atoms. The zero-order valence-corrected chi connectivity index (χ0v) is 10.7. The summed E-state index contributed by atoms with van der Waals surface area (Å²) >= 11 is 0. The lowest BCUT2D eigenvalue weighted by molar-refractivity contribution is 0.588. The molecule has 0 spiro atoms. The molecule has 0 radical (unpaired) electrons. The van der Waals surface area contributed by atoms with Crippen molar-refractivity contribution in [3.63, 3.8) is 0 Å². The fourth-order valence-electron chi connectivity index (χ4n) is 1.53. The molecule has 0 heterocycles. The molecule has 0 saturated carbocycles. The minimum Gasteiger partial charge on any atom is -0.398 e. The van der Waals surface area contributed by atoms with Gasteiger partial charge in [-0.15, -0.1) is 0 Å². The molecule has 0 fully saturated rings. The van der Waals surface area contributed by atoms with Crippen LogP contribution in [0.1, 0.15) is 6.92 Å². The van der Waals surface area contributed by atoms with Crippen molar-refractivity contribution in [3.8, 4) is 0 Å². The molecule has 16 heavy (non-hydrogen) atoms. The van der Waals surface area contributed by atoms with E-state index in [0.717, 1.165) is 0 Å². The maximum atomic E-state index is 12.2. The maximum absolute atomic E-state index is 12.2. The molecule has 0 aliphatic heterocycles. The van der Waals surface area contributed by atoms with Crippen molar-refractivity contribution < 1.29 is 4.57 Å². The van der Waals surface area contributed by atoms with Crippen LogP contribution in [0.3, 0.4) is 0 Å². The molecular formula is C11H16N3OP. The average molecular weight is 237 g/mol. The fourth-order valence-corrected chi connectivity index (χ4v) is 2.91. The molecule has 1 aromatic carbocycles. The number of hydrogen-bond donors (Lipinski definition) is 1. The largest absolute Gasteiger partial charge is 0.398 e. The Hall–Kier alpha value is -1.41. The average Bonchev–Trinajstić information content (AvgIpc) is 2.16. The Morgan fingerprint density at radius 1 is 1.44 bits per heavy atom. The Bertz CT molecular complexity index is 488. The fraction of sp³-hybridized carbons (Fsp3) is 0.273. The summed E-state index contributed by atoms with van der Waals surface area (Å²) < 4.78 is 12.2. The van der Waals surface area contributed by atoms with Gasteiger partial charge in [-0.05, 0) is 39.1 Å². The van der Waals surface area contributed by atoms with Crippen LogP contribution in [-0.2, 0) is 4.57 Å². The highest BCUT2D eigenvalue weighted by Gasteiger charge is 2.21. The van der Waals surface area contributed by atoms with Crippen LogP contribution in [0.2, 0.25) is 0 Å². The lowest BCUT2D eigenvalue weighted by atomic mass is 10.2. The van der Waals surface area contributed by atoms with Gasteiger partial charge in [-0.1, -0.05) is 0 Å². The summed E-state index contributed by atoms with van der Waals surface area (Å²) in [7, 11) is -2.49. The van der Waals surface area contributed by atoms with E-state index >= 15 is 0 Å². The monoisotopic (exact) mass is 237 g/mol. The number of aliphatic imine (C=N–C) groups is 2. The lowest BCUT2D eigenvalue weighted by Gasteiger charge is -2.14. The molecule has 0 amide bonds. The Balaban J connectivity index is 3.68. The van der Waals surface area contributed by atoms with E-state index in [1.165, 1.54) is 0 Å². The molecule has 4 nitrogen and oxygen atoms in total. The van der Waals surface area contributed by atoms with Gasteiger partial charge < -0.3 is 10.3 Å². The van der Waals surface area contributed by atoms with Crippen LogP contribution < -0.4 is 11.0 Å². The number of anilines is 1. The molecule has 0 aliphatic rings. The Morgan fingerprint density at radius 2 is 2.06 bits per heavy atom. The number of nitrogen functional groups attached to an aromatic ring is 1. The van der Waals surface area contributed by atoms with Gasteiger partial charge in [0.25, 0.3) is 0 Å². The highest BCUT2D eigenvalue weighted by molar-refractivity contribution is 7.70. The van der Waals surface area contributed by atoms with E-state index in [1.54, 1.807) is 38.6 Å². The van der Waals surface area contributed by atoms with E-state index in [9.17, 15) is 4.57 Å². The Kier molecular flexibility index (Phi) is 3.66. The van der Waals surface area contributed by atoms with Crippen LogP contribution in [0.5, 0.6) is 0 Å². The zero-order valence-electron chi connectivity index (χ0n) is 9.77. The Labute approximate surface area is 95.7 Å². The quantitative estimate of drug-likeness (QED) is 0.498. The second-order valence-electron chi connectivity index (χ2n) is 3.77. The standard InChI is InChI=1S/C11H16N3OP/c1-5-14-10-9(13-2)7-6-8(12)11(10)16(3,4)15/h5-7H,2,12H2,1,3-4H3. The van der Waals surface area contributed by atoms with Crippen LogP contribution in [0.15, 0.2) is 22.1 Å². The van der Waals surface area contributed by atoms with Crippen molar-refractivity contribution in [3.05, 3.63) is 12.1 Å². The van der Waals surface area contributed by atoms with E-state index in [-0.39, 0.29) is 0 Å². The topological polar surface area (TPSA) is 67.8 Å². The third-order valence-electron chi connectivity index (χ3n) is 2.13. The third kappa shape index (κ3) is 2.39. The van der Waals surface area contributed by atoms with E-state index in [2.05, 4.69) is 16.7 Å². The number of hydrogen-bond acceptors (Lipinski definition) is 4. The Morgan fingerprint density at radius 3 is 2.50 bits per heavy atom. The molecule has 2 N–H and O–H groups in total. The minimum absolute atomic E-state index is 0.487. The van der Waals surface area contributed by atoms with Crippen molar-refractivity contribution in [1.82, 2.24) is 0 Å². The smallest absolute Gasteiger partial charge is 0.114 e. The van der Waals surface area contributed by atoms with Gasteiger partial charge >= 0.3 is 0 Å². The first-order chi connectivity index (χ1) is 7.41. The van der Waals surface area contributed by atoms with Crippen LogP contribution in [-0.4, -0.2) is 26.3 Å². The summed E-state index contributed by atoms with van der Waals surface area (Å²) in [5.74, 6) is 0. The number of nitrogens with zero attached hydrogens (tertiary/aromatic N) is 2. The second-order valence-corrected chi connectivity index (χ2v) is 6.92. The van der Waals surface area contributed by atoms with E-state index in [4.69, 9.17) is 5.73 Å². The predicted molar refractivity (Wildman–Crippen MR) is 73.0 cm³/mol. The van der Waals surface area contributed by atoms with Gasteiger partial charge in [0.2, 0.25) is 0 Å². The summed E-state index contributed by atoms with van der Waals surface area (Å²) in [6.45, 7) is 8.59. The first kappa shape index (κ1) is 12.7. The van der Waals surface area contributed by atoms with Crippen LogP contribution in [0, 0.1) is 0 Å². The molecule has 5 heteroatoms. The maximum Gasteiger partial charge on any atom is 0.114 e.